The molecule has 1 heterocycles. The number of hydrogen-bond acceptors (Lipinski definition) is 3. The Morgan fingerprint density at radius 1 is 1.40 bits per heavy atom. The summed E-state index contributed by atoms with van der Waals surface area (Å²) in [7, 11) is 0. The molecule has 4 nitrogen and oxygen atoms in total. The molecule has 1 unspecified atom stereocenters. The van der Waals surface area contributed by atoms with Crippen LogP contribution in [0.4, 0.5) is 24.5 Å². The number of nitrogen functional groups attached to an aromatic ring is 1. The lowest BCUT2D eigenvalue weighted by Gasteiger charge is -2.20. The van der Waals surface area contributed by atoms with Crippen LogP contribution in [-0.2, 0) is 6.18 Å². The molecule has 0 saturated carbocycles. The Bertz CT molecular complexity index is 563. The van der Waals surface area contributed by atoms with E-state index >= 15 is 0 Å². The lowest BCUT2D eigenvalue weighted by atomic mass is 10.1. The topological polar surface area (TPSA) is 66.7 Å². The summed E-state index contributed by atoms with van der Waals surface area (Å²) in [5.41, 5.74) is 4.73. The molecule has 0 fully saturated rings. The first-order valence-corrected chi connectivity index (χ1v) is 6.14. The summed E-state index contributed by atoms with van der Waals surface area (Å²) in [5.74, 6) is 0.595. The fourth-order valence-electron chi connectivity index (χ4n) is 1.94. The number of H-pyrrole nitrogens is 1. The van der Waals surface area contributed by atoms with Crippen LogP contribution in [-0.4, -0.2) is 9.97 Å². The molecule has 2 aromatic rings. The Hall–Kier alpha value is -2.18. The predicted octanol–water partition coefficient (Wildman–Crippen LogP) is 3.57. The summed E-state index contributed by atoms with van der Waals surface area (Å²) in [6.45, 7) is 1.87. The van der Waals surface area contributed by atoms with Crippen molar-refractivity contribution in [1.82, 2.24) is 9.97 Å². The molecule has 7 heteroatoms. The van der Waals surface area contributed by atoms with Gasteiger partial charge in [0.05, 0.1) is 11.6 Å². The standard InChI is InChI=1S/C13H15F3N4/c1-2-10(12-18-5-6-19-12)20-11-4-3-8(17)7-9(11)13(14,15)16/h3-7,10,20H,2,17H2,1H3,(H,18,19). The first kappa shape index (κ1) is 14.2. The number of alkyl halides is 3. The molecule has 1 aromatic carbocycles. The zero-order chi connectivity index (χ0) is 14.8. The number of nitrogens with two attached hydrogens (primary N) is 1. The van der Waals surface area contributed by atoms with Gasteiger partial charge in [0.1, 0.15) is 5.82 Å². The molecule has 2 rings (SSSR count). The highest BCUT2D eigenvalue weighted by atomic mass is 19.4. The van der Waals surface area contributed by atoms with Crippen LogP contribution in [0.3, 0.4) is 0 Å². The van der Waals surface area contributed by atoms with Gasteiger partial charge in [0.2, 0.25) is 0 Å². The number of aromatic nitrogens is 2. The van der Waals surface area contributed by atoms with Gasteiger partial charge in [0, 0.05) is 23.8 Å². The average Bonchev–Trinajstić information content (AvgIpc) is 2.90. The van der Waals surface area contributed by atoms with Crippen molar-refractivity contribution in [3.05, 3.63) is 42.0 Å². The van der Waals surface area contributed by atoms with E-state index in [1.165, 1.54) is 12.1 Å². The lowest BCUT2D eigenvalue weighted by molar-refractivity contribution is -0.136. The van der Waals surface area contributed by atoms with Crippen molar-refractivity contribution in [2.24, 2.45) is 0 Å². The van der Waals surface area contributed by atoms with Crippen LogP contribution < -0.4 is 11.1 Å². The molecule has 0 radical (unpaired) electrons. The molecular formula is C13H15F3N4. The molecule has 0 bridgehead atoms. The number of benzene rings is 1. The van der Waals surface area contributed by atoms with Crippen molar-refractivity contribution >= 4 is 11.4 Å². The number of hydrogen-bond donors (Lipinski definition) is 3. The Kier molecular flexibility index (Phi) is 3.87. The van der Waals surface area contributed by atoms with Crippen molar-refractivity contribution in [2.45, 2.75) is 25.6 Å². The van der Waals surface area contributed by atoms with E-state index in [9.17, 15) is 13.2 Å². The van der Waals surface area contributed by atoms with Crippen LogP contribution in [0.25, 0.3) is 0 Å². The minimum Gasteiger partial charge on any atom is -0.399 e. The summed E-state index contributed by atoms with van der Waals surface area (Å²) in [6, 6.07) is 3.38. The van der Waals surface area contributed by atoms with E-state index in [4.69, 9.17) is 5.73 Å². The zero-order valence-corrected chi connectivity index (χ0v) is 10.8. The predicted molar refractivity (Wildman–Crippen MR) is 71.1 cm³/mol. The highest BCUT2D eigenvalue weighted by Gasteiger charge is 2.34. The Morgan fingerprint density at radius 2 is 2.15 bits per heavy atom. The van der Waals surface area contributed by atoms with Crippen LogP contribution in [0.1, 0.15) is 30.8 Å². The molecule has 0 saturated heterocycles. The van der Waals surface area contributed by atoms with E-state index < -0.39 is 11.7 Å². The maximum atomic E-state index is 13.0. The van der Waals surface area contributed by atoms with Gasteiger partial charge < -0.3 is 16.0 Å². The number of imidazole rings is 1. The fraction of sp³-hybridized carbons (Fsp3) is 0.308. The van der Waals surface area contributed by atoms with E-state index in [0.29, 0.717) is 12.2 Å². The van der Waals surface area contributed by atoms with Crippen molar-refractivity contribution < 1.29 is 13.2 Å². The second kappa shape index (κ2) is 5.44. The third-order valence-corrected chi connectivity index (χ3v) is 2.94. The van der Waals surface area contributed by atoms with Gasteiger partial charge in [-0.15, -0.1) is 0 Å². The van der Waals surface area contributed by atoms with Crippen molar-refractivity contribution in [2.75, 3.05) is 11.1 Å². The van der Waals surface area contributed by atoms with Crippen LogP contribution in [0.2, 0.25) is 0 Å². The van der Waals surface area contributed by atoms with E-state index in [0.717, 1.165) is 6.07 Å². The van der Waals surface area contributed by atoms with Gasteiger partial charge in [-0.1, -0.05) is 6.92 Å². The smallest absolute Gasteiger partial charge is 0.399 e. The SMILES string of the molecule is CCC(Nc1ccc(N)cc1C(F)(F)F)c1ncc[nH]1. The van der Waals surface area contributed by atoms with Gasteiger partial charge in [-0.2, -0.15) is 13.2 Å². The largest absolute Gasteiger partial charge is 0.418 e. The maximum absolute atomic E-state index is 13.0. The Morgan fingerprint density at radius 3 is 2.70 bits per heavy atom. The van der Waals surface area contributed by atoms with E-state index in [2.05, 4.69) is 15.3 Å². The first-order chi connectivity index (χ1) is 9.41. The van der Waals surface area contributed by atoms with E-state index in [1.54, 1.807) is 12.4 Å². The molecule has 1 aromatic heterocycles. The molecule has 0 aliphatic rings. The quantitative estimate of drug-likeness (QED) is 0.752. The van der Waals surface area contributed by atoms with Crippen molar-refractivity contribution in [1.29, 1.82) is 0 Å². The summed E-state index contributed by atoms with van der Waals surface area (Å²) in [5, 5.41) is 2.86. The third kappa shape index (κ3) is 3.04. The minimum absolute atomic E-state index is 0.00468. The summed E-state index contributed by atoms with van der Waals surface area (Å²) >= 11 is 0. The molecule has 0 aliphatic heterocycles. The van der Waals surface area contributed by atoms with Crippen LogP contribution >= 0.6 is 0 Å². The summed E-state index contributed by atoms with van der Waals surface area (Å²) in [6.07, 6.45) is -0.672. The molecule has 1 atom stereocenters. The first-order valence-electron chi connectivity index (χ1n) is 6.14. The molecule has 108 valence electrons. The van der Waals surface area contributed by atoms with Crippen molar-refractivity contribution in [3.8, 4) is 0 Å². The monoisotopic (exact) mass is 284 g/mol. The molecular weight excluding hydrogens is 269 g/mol. The van der Waals surface area contributed by atoms with Crippen LogP contribution in [0, 0.1) is 0 Å². The van der Waals surface area contributed by atoms with Gasteiger partial charge >= 0.3 is 6.18 Å². The van der Waals surface area contributed by atoms with Gasteiger partial charge in [-0.25, -0.2) is 4.98 Å². The lowest BCUT2D eigenvalue weighted by Crippen LogP contribution is -2.16. The van der Waals surface area contributed by atoms with E-state index in [1.807, 2.05) is 6.92 Å². The number of rotatable bonds is 4. The minimum atomic E-state index is -4.46. The summed E-state index contributed by atoms with van der Waals surface area (Å²) < 4.78 is 39.0. The number of aromatic amines is 1. The highest BCUT2D eigenvalue weighted by Crippen LogP contribution is 2.37. The van der Waals surface area contributed by atoms with Crippen LogP contribution in [0.15, 0.2) is 30.6 Å². The normalized spacial score (nSPS) is 13.2. The second-order valence-corrected chi connectivity index (χ2v) is 4.38. The second-order valence-electron chi connectivity index (χ2n) is 4.38. The van der Waals surface area contributed by atoms with Gasteiger partial charge in [-0.3, -0.25) is 0 Å². The maximum Gasteiger partial charge on any atom is 0.418 e. The van der Waals surface area contributed by atoms with E-state index in [-0.39, 0.29) is 17.4 Å². The Labute approximate surface area is 114 Å². The van der Waals surface area contributed by atoms with Crippen LogP contribution in [0.5, 0.6) is 0 Å². The van der Waals surface area contributed by atoms with Crippen molar-refractivity contribution in [3.63, 3.8) is 0 Å². The molecule has 0 amide bonds. The Balaban J connectivity index is 2.33. The summed E-state index contributed by atoms with van der Waals surface area (Å²) in [4.78, 5) is 6.97. The molecule has 0 aliphatic carbocycles. The number of anilines is 2. The highest BCUT2D eigenvalue weighted by molar-refractivity contribution is 5.59. The van der Waals surface area contributed by atoms with Gasteiger partial charge in [0.15, 0.2) is 0 Å². The number of nitrogens with one attached hydrogen (secondary N) is 2. The number of nitrogens with zero attached hydrogens (tertiary/aromatic N) is 1. The zero-order valence-electron chi connectivity index (χ0n) is 10.8. The average molecular weight is 284 g/mol. The van der Waals surface area contributed by atoms with Gasteiger partial charge in [-0.05, 0) is 24.6 Å². The molecule has 0 spiro atoms. The fourth-order valence-corrected chi connectivity index (χ4v) is 1.94. The third-order valence-electron chi connectivity index (χ3n) is 2.94. The number of halogens is 3. The molecule has 4 N–H and O–H groups in total. The molecule has 20 heavy (non-hydrogen) atoms. The van der Waals surface area contributed by atoms with Gasteiger partial charge in [0.25, 0.3) is 0 Å².